The zero-order valence-electron chi connectivity index (χ0n) is 10.1. The first-order valence-electron chi connectivity index (χ1n) is 6.35. The van der Waals surface area contributed by atoms with Crippen molar-refractivity contribution in [2.75, 3.05) is 19.7 Å². The summed E-state index contributed by atoms with van der Waals surface area (Å²) >= 11 is 5.05. The molecule has 0 radical (unpaired) electrons. The standard InChI is InChI=1S/C13H16BrNO2S/c14-13-4-3-10(18-13)6-11(16)12-7-15-5-1-2-9(15)8-17-12/h3-4,9,12H,1-2,5-8H2. The first-order chi connectivity index (χ1) is 8.72. The van der Waals surface area contributed by atoms with E-state index in [1.807, 2.05) is 12.1 Å². The Balaban J connectivity index is 1.59. The van der Waals surface area contributed by atoms with Crippen LogP contribution in [-0.2, 0) is 16.0 Å². The second kappa shape index (κ2) is 5.41. The molecule has 98 valence electrons. The van der Waals surface area contributed by atoms with Crippen LogP contribution in [-0.4, -0.2) is 42.5 Å². The van der Waals surface area contributed by atoms with Gasteiger partial charge in [-0.15, -0.1) is 11.3 Å². The molecule has 5 heteroatoms. The summed E-state index contributed by atoms with van der Waals surface area (Å²) in [6.45, 7) is 2.64. The van der Waals surface area contributed by atoms with Crippen molar-refractivity contribution in [2.45, 2.75) is 31.4 Å². The molecule has 0 saturated carbocycles. The number of hydrogen-bond donors (Lipinski definition) is 0. The molecule has 0 amide bonds. The van der Waals surface area contributed by atoms with Crippen LogP contribution in [0.5, 0.6) is 0 Å². The quantitative estimate of drug-likeness (QED) is 0.853. The molecule has 2 fully saturated rings. The molecule has 3 nitrogen and oxygen atoms in total. The van der Waals surface area contributed by atoms with Gasteiger partial charge in [-0.05, 0) is 47.4 Å². The van der Waals surface area contributed by atoms with E-state index in [2.05, 4.69) is 20.8 Å². The van der Waals surface area contributed by atoms with Crippen LogP contribution in [0.4, 0.5) is 0 Å². The lowest BCUT2D eigenvalue weighted by atomic mass is 10.1. The van der Waals surface area contributed by atoms with Gasteiger partial charge in [-0.1, -0.05) is 0 Å². The van der Waals surface area contributed by atoms with E-state index in [1.165, 1.54) is 12.8 Å². The number of rotatable bonds is 3. The van der Waals surface area contributed by atoms with Gasteiger partial charge >= 0.3 is 0 Å². The lowest BCUT2D eigenvalue weighted by molar-refractivity contribution is -0.137. The summed E-state index contributed by atoms with van der Waals surface area (Å²) in [4.78, 5) is 15.7. The third-order valence-electron chi connectivity index (χ3n) is 3.73. The zero-order valence-corrected chi connectivity index (χ0v) is 12.5. The van der Waals surface area contributed by atoms with Crippen LogP contribution in [0.15, 0.2) is 15.9 Å². The second-order valence-corrected chi connectivity index (χ2v) is 7.51. The van der Waals surface area contributed by atoms with Crippen molar-refractivity contribution in [3.8, 4) is 0 Å². The van der Waals surface area contributed by atoms with E-state index in [4.69, 9.17) is 4.74 Å². The summed E-state index contributed by atoms with van der Waals surface area (Å²) in [6, 6.07) is 4.56. The Labute approximate surface area is 119 Å². The molecular weight excluding hydrogens is 314 g/mol. The predicted octanol–water partition coefficient (Wildman–Crippen LogP) is 2.49. The van der Waals surface area contributed by atoms with Crippen molar-refractivity contribution in [1.82, 2.24) is 4.90 Å². The molecule has 2 aliphatic rings. The average molecular weight is 330 g/mol. The van der Waals surface area contributed by atoms with Crippen molar-refractivity contribution in [2.24, 2.45) is 0 Å². The summed E-state index contributed by atoms with van der Waals surface area (Å²) in [5, 5.41) is 0. The normalized spacial score (nSPS) is 28.3. The second-order valence-electron chi connectivity index (χ2n) is 4.96. The van der Waals surface area contributed by atoms with Gasteiger partial charge in [0.15, 0.2) is 5.78 Å². The van der Waals surface area contributed by atoms with Gasteiger partial charge in [0.25, 0.3) is 0 Å². The highest BCUT2D eigenvalue weighted by atomic mass is 79.9. The molecule has 3 rings (SSSR count). The minimum Gasteiger partial charge on any atom is -0.367 e. The molecule has 2 aliphatic heterocycles. The number of carbonyl (C=O) groups excluding carboxylic acids is 1. The van der Waals surface area contributed by atoms with Gasteiger partial charge in [-0.25, -0.2) is 0 Å². The molecule has 0 aliphatic carbocycles. The lowest BCUT2D eigenvalue weighted by Crippen LogP contribution is -2.49. The third-order valence-corrected chi connectivity index (χ3v) is 5.35. The number of ether oxygens (including phenoxy) is 1. The smallest absolute Gasteiger partial charge is 0.168 e. The van der Waals surface area contributed by atoms with E-state index in [-0.39, 0.29) is 11.9 Å². The highest BCUT2D eigenvalue weighted by Crippen LogP contribution is 2.25. The number of fused-ring (bicyclic) bond motifs is 1. The van der Waals surface area contributed by atoms with Crippen LogP contribution in [0.25, 0.3) is 0 Å². The van der Waals surface area contributed by atoms with Gasteiger partial charge in [0.05, 0.1) is 10.4 Å². The highest BCUT2D eigenvalue weighted by molar-refractivity contribution is 9.11. The Morgan fingerprint density at radius 2 is 2.44 bits per heavy atom. The Hall–Kier alpha value is -0.230. The molecular formula is C13H16BrNO2S. The summed E-state index contributed by atoms with van der Waals surface area (Å²) in [5.41, 5.74) is 0. The summed E-state index contributed by atoms with van der Waals surface area (Å²) in [5.74, 6) is 0.217. The predicted molar refractivity (Wildman–Crippen MR) is 75.1 cm³/mol. The highest BCUT2D eigenvalue weighted by Gasteiger charge is 2.35. The van der Waals surface area contributed by atoms with E-state index in [1.54, 1.807) is 11.3 Å². The number of thiophene rings is 1. The van der Waals surface area contributed by atoms with E-state index in [9.17, 15) is 4.79 Å². The van der Waals surface area contributed by atoms with Crippen LogP contribution >= 0.6 is 27.3 Å². The van der Waals surface area contributed by atoms with E-state index in [0.717, 1.165) is 28.4 Å². The first kappa shape index (κ1) is 12.8. The maximum absolute atomic E-state index is 12.2. The third kappa shape index (κ3) is 2.69. The Bertz CT molecular complexity index is 448. The van der Waals surface area contributed by atoms with Gasteiger partial charge < -0.3 is 4.74 Å². The van der Waals surface area contributed by atoms with Gasteiger partial charge in [0.2, 0.25) is 0 Å². The molecule has 0 spiro atoms. The summed E-state index contributed by atoms with van der Waals surface area (Å²) in [7, 11) is 0. The largest absolute Gasteiger partial charge is 0.367 e. The number of carbonyl (C=O) groups is 1. The average Bonchev–Trinajstić information content (AvgIpc) is 2.96. The van der Waals surface area contributed by atoms with Crippen LogP contribution in [0.3, 0.4) is 0 Å². The van der Waals surface area contributed by atoms with E-state index < -0.39 is 0 Å². The number of hydrogen-bond acceptors (Lipinski definition) is 4. The first-order valence-corrected chi connectivity index (χ1v) is 7.96. The minimum atomic E-state index is -0.222. The Morgan fingerprint density at radius 3 is 3.22 bits per heavy atom. The van der Waals surface area contributed by atoms with Crippen molar-refractivity contribution in [3.63, 3.8) is 0 Å². The molecule has 2 saturated heterocycles. The molecule has 2 unspecified atom stereocenters. The molecule has 18 heavy (non-hydrogen) atoms. The Morgan fingerprint density at radius 1 is 1.56 bits per heavy atom. The van der Waals surface area contributed by atoms with Gasteiger partial charge in [0.1, 0.15) is 6.10 Å². The topological polar surface area (TPSA) is 29.5 Å². The van der Waals surface area contributed by atoms with Gasteiger partial charge in [-0.2, -0.15) is 0 Å². The fourth-order valence-electron chi connectivity index (χ4n) is 2.74. The van der Waals surface area contributed by atoms with Gasteiger partial charge in [0, 0.05) is 23.9 Å². The van der Waals surface area contributed by atoms with Crippen molar-refractivity contribution >= 4 is 33.0 Å². The zero-order chi connectivity index (χ0) is 12.5. The fraction of sp³-hybridized carbons (Fsp3) is 0.615. The SMILES string of the molecule is O=C(Cc1ccc(Br)s1)C1CN2CCCC2CO1. The fourth-order valence-corrected chi connectivity index (χ4v) is 4.24. The Kier molecular flexibility index (Phi) is 3.84. The van der Waals surface area contributed by atoms with Crippen molar-refractivity contribution in [1.29, 1.82) is 0 Å². The van der Waals surface area contributed by atoms with Gasteiger partial charge in [-0.3, -0.25) is 9.69 Å². The maximum atomic E-state index is 12.2. The summed E-state index contributed by atoms with van der Waals surface area (Å²) < 4.78 is 6.81. The van der Waals surface area contributed by atoms with Crippen molar-refractivity contribution < 1.29 is 9.53 Å². The molecule has 0 bridgehead atoms. The lowest BCUT2D eigenvalue weighted by Gasteiger charge is -2.34. The van der Waals surface area contributed by atoms with Crippen molar-refractivity contribution in [3.05, 3.63) is 20.8 Å². The maximum Gasteiger partial charge on any atom is 0.168 e. The number of ketones is 1. The van der Waals surface area contributed by atoms with Crippen LogP contribution in [0, 0.1) is 0 Å². The summed E-state index contributed by atoms with van der Waals surface area (Å²) in [6.07, 6.45) is 2.74. The van der Waals surface area contributed by atoms with E-state index >= 15 is 0 Å². The number of morpholine rings is 1. The van der Waals surface area contributed by atoms with Crippen LogP contribution in [0.1, 0.15) is 17.7 Å². The molecule has 1 aromatic heterocycles. The molecule has 0 N–H and O–H groups in total. The number of Topliss-reactive ketones (excluding diaryl/α,β-unsaturated/α-hetero) is 1. The van der Waals surface area contributed by atoms with Crippen LogP contribution < -0.4 is 0 Å². The van der Waals surface area contributed by atoms with Crippen LogP contribution in [0.2, 0.25) is 0 Å². The number of nitrogens with zero attached hydrogens (tertiary/aromatic N) is 1. The minimum absolute atomic E-state index is 0.217. The van der Waals surface area contributed by atoms with E-state index in [0.29, 0.717) is 12.5 Å². The monoisotopic (exact) mass is 329 g/mol. The number of halogens is 1. The molecule has 2 atom stereocenters. The molecule has 0 aromatic carbocycles. The molecule has 1 aromatic rings. The molecule has 3 heterocycles.